The van der Waals surface area contributed by atoms with E-state index in [-0.39, 0.29) is 0 Å². The van der Waals surface area contributed by atoms with Crippen molar-refractivity contribution in [2.75, 3.05) is 19.8 Å². The molecule has 0 bridgehead atoms. The third kappa shape index (κ3) is 3.91. The number of nitrogens with one attached hydrogen (secondary N) is 1. The van der Waals surface area contributed by atoms with Crippen LogP contribution in [0.1, 0.15) is 58.6 Å². The molecule has 2 rings (SSSR count). The Morgan fingerprint density at radius 3 is 2.33 bits per heavy atom. The number of hydrogen-bond acceptors (Lipinski definition) is 3. The highest BCUT2D eigenvalue weighted by molar-refractivity contribution is 5.44. The van der Waals surface area contributed by atoms with Crippen molar-refractivity contribution < 1.29 is 9.47 Å². The molecule has 1 aliphatic carbocycles. The van der Waals surface area contributed by atoms with Gasteiger partial charge in [-0.2, -0.15) is 0 Å². The molecule has 1 aromatic rings. The van der Waals surface area contributed by atoms with Crippen LogP contribution in [0.25, 0.3) is 0 Å². The summed E-state index contributed by atoms with van der Waals surface area (Å²) in [5.74, 6) is 1.71. The topological polar surface area (TPSA) is 30.5 Å². The molecule has 1 N–H and O–H groups in total. The summed E-state index contributed by atoms with van der Waals surface area (Å²) in [6, 6.07) is 6.80. The van der Waals surface area contributed by atoms with Gasteiger partial charge >= 0.3 is 0 Å². The van der Waals surface area contributed by atoms with Gasteiger partial charge in [0.1, 0.15) is 0 Å². The van der Waals surface area contributed by atoms with Crippen LogP contribution in [0, 0.1) is 5.41 Å². The molecule has 0 radical (unpaired) electrons. The third-order valence-electron chi connectivity index (χ3n) is 4.23. The summed E-state index contributed by atoms with van der Waals surface area (Å²) in [6.45, 7) is 11.0. The molecule has 1 saturated carbocycles. The van der Waals surface area contributed by atoms with E-state index in [9.17, 15) is 0 Å². The molecular formula is C18H29NO2. The first kappa shape index (κ1) is 16.2. The van der Waals surface area contributed by atoms with Gasteiger partial charge in [-0.3, -0.25) is 0 Å². The van der Waals surface area contributed by atoms with Crippen LogP contribution in [-0.2, 0) is 0 Å². The van der Waals surface area contributed by atoms with Crippen LogP contribution in [0.3, 0.4) is 0 Å². The fourth-order valence-electron chi connectivity index (χ4n) is 2.79. The Morgan fingerprint density at radius 1 is 1.10 bits per heavy atom. The van der Waals surface area contributed by atoms with Crippen LogP contribution in [0.5, 0.6) is 11.5 Å². The van der Waals surface area contributed by atoms with Gasteiger partial charge < -0.3 is 14.8 Å². The van der Waals surface area contributed by atoms with Gasteiger partial charge in [0.05, 0.1) is 13.2 Å². The molecule has 3 nitrogen and oxygen atoms in total. The molecule has 21 heavy (non-hydrogen) atoms. The van der Waals surface area contributed by atoms with Crippen molar-refractivity contribution in [3.8, 4) is 11.5 Å². The molecule has 0 spiro atoms. The Hall–Kier alpha value is -1.22. The predicted molar refractivity (Wildman–Crippen MR) is 87.2 cm³/mol. The van der Waals surface area contributed by atoms with Crippen LogP contribution in [0.4, 0.5) is 0 Å². The van der Waals surface area contributed by atoms with E-state index < -0.39 is 0 Å². The molecule has 0 aromatic heterocycles. The minimum absolute atomic E-state index is 0.395. The summed E-state index contributed by atoms with van der Waals surface area (Å²) >= 11 is 0. The SMILES string of the molecule is CCCNC(c1ccc(OCC)c(OCC)c1)C1(C)CC1. The van der Waals surface area contributed by atoms with Crippen molar-refractivity contribution in [1.82, 2.24) is 5.32 Å². The first-order valence-electron chi connectivity index (χ1n) is 8.27. The lowest BCUT2D eigenvalue weighted by molar-refractivity contribution is 0.286. The molecule has 0 amide bonds. The maximum atomic E-state index is 5.77. The second-order valence-corrected chi connectivity index (χ2v) is 6.11. The fraction of sp³-hybridized carbons (Fsp3) is 0.667. The molecular weight excluding hydrogens is 262 g/mol. The third-order valence-corrected chi connectivity index (χ3v) is 4.23. The zero-order valence-corrected chi connectivity index (χ0v) is 13.9. The molecule has 0 saturated heterocycles. The molecule has 0 heterocycles. The fourth-order valence-corrected chi connectivity index (χ4v) is 2.79. The smallest absolute Gasteiger partial charge is 0.161 e. The zero-order chi connectivity index (χ0) is 15.3. The van der Waals surface area contributed by atoms with E-state index in [2.05, 4.69) is 37.4 Å². The standard InChI is InChI=1S/C18H29NO2/c1-5-12-19-17(18(4)10-11-18)14-8-9-15(20-6-2)16(13-14)21-7-3/h8-9,13,17,19H,5-7,10-12H2,1-4H3. The highest BCUT2D eigenvalue weighted by atomic mass is 16.5. The lowest BCUT2D eigenvalue weighted by Crippen LogP contribution is -2.28. The first-order valence-corrected chi connectivity index (χ1v) is 8.27. The highest BCUT2D eigenvalue weighted by Gasteiger charge is 2.45. The lowest BCUT2D eigenvalue weighted by atomic mass is 9.91. The van der Waals surface area contributed by atoms with Gasteiger partial charge in [0.25, 0.3) is 0 Å². The van der Waals surface area contributed by atoms with Gasteiger partial charge in [-0.05, 0) is 62.8 Å². The maximum absolute atomic E-state index is 5.77. The predicted octanol–water partition coefficient (Wildman–Crippen LogP) is 4.32. The first-order chi connectivity index (χ1) is 10.1. The number of ether oxygens (including phenoxy) is 2. The Bertz CT molecular complexity index is 455. The number of rotatable bonds is 9. The van der Waals surface area contributed by atoms with Gasteiger partial charge in [-0.25, -0.2) is 0 Å². The minimum Gasteiger partial charge on any atom is -0.490 e. The van der Waals surface area contributed by atoms with Crippen LogP contribution in [0.2, 0.25) is 0 Å². The van der Waals surface area contributed by atoms with Crippen LogP contribution < -0.4 is 14.8 Å². The molecule has 1 aliphatic rings. The Balaban J connectivity index is 2.25. The molecule has 1 fully saturated rings. The maximum Gasteiger partial charge on any atom is 0.161 e. The second-order valence-electron chi connectivity index (χ2n) is 6.11. The molecule has 1 unspecified atom stereocenters. The largest absolute Gasteiger partial charge is 0.490 e. The van der Waals surface area contributed by atoms with Crippen LogP contribution >= 0.6 is 0 Å². The quantitative estimate of drug-likeness (QED) is 0.735. The van der Waals surface area contributed by atoms with Gasteiger partial charge in [0.2, 0.25) is 0 Å². The van der Waals surface area contributed by atoms with Gasteiger partial charge in [-0.1, -0.05) is 19.9 Å². The minimum atomic E-state index is 0.395. The van der Waals surface area contributed by atoms with E-state index in [1.54, 1.807) is 0 Å². The van der Waals surface area contributed by atoms with Gasteiger partial charge in [0.15, 0.2) is 11.5 Å². The molecule has 1 aromatic carbocycles. The van der Waals surface area contributed by atoms with Crippen molar-refractivity contribution in [2.24, 2.45) is 5.41 Å². The summed E-state index contributed by atoms with van der Waals surface area (Å²) < 4.78 is 11.4. The van der Waals surface area contributed by atoms with E-state index in [1.807, 2.05) is 13.8 Å². The van der Waals surface area contributed by atoms with E-state index in [0.717, 1.165) is 24.5 Å². The highest BCUT2D eigenvalue weighted by Crippen LogP contribution is 2.55. The van der Waals surface area contributed by atoms with Crippen molar-refractivity contribution in [3.05, 3.63) is 23.8 Å². The van der Waals surface area contributed by atoms with Gasteiger partial charge in [0, 0.05) is 6.04 Å². The van der Waals surface area contributed by atoms with Crippen LogP contribution in [0.15, 0.2) is 18.2 Å². The van der Waals surface area contributed by atoms with Crippen molar-refractivity contribution in [1.29, 1.82) is 0 Å². The number of benzene rings is 1. The van der Waals surface area contributed by atoms with E-state index in [0.29, 0.717) is 24.7 Å². The summed E-state index contributed by atoms with van der Waals surface area (Å²) in [6.07, 6.45) is 3.75. The Kier molecular flexibility index (Phi) is 5.51. The van der Waals surface area contributed by atoms with Crippen molar-refractivity contribution in [2.45, 2.75) is 53.0 Å². The van der Waals surface area contributed by atoms with E-state index >= 15 is 0 Å². The summed E-state index contributed by atoms with van der Waals surface area (Å²) in [4.78, 5) is 0. The van der Waals surface area contributed by atoms with Gasteiger partial charge in [-0.15, -0.1) is 0 Å². The summed E-state index contributed by atoms with van der Waals surface area (Å²) in [7, 11) is 0. The van der Waals surface area contributed by atoms with E-state index in [4.69, 9.17) is 9.47 Å². The van der Waals surface area contributed by atoms with Crippen molar-refractivity contribution >= 4 is 0 Å². The monoisotopic (exact) mass is 291 g/mol. The molecule has 0 aliphatic heterocycles. The second kappa shape index (κ2) is 7.17. The van der Waals surface area contributed by atoms with Crippen LogP contribution in [-0.4, -0.2) is 19.8 Å². The molecule has 3 heteroatoms. The average Bonchev–Trinajstić information content (AvgIpc) is 3.21. The molecule has 118 valence electrons. The lowest BCUT2D eigenvalue weighted by Gasteiger charge is -2.26. The normalized spacial score (nSPS) is 17.3. The van der Waals surface area contributed by atoms with Crippen molar-refractivity contribution in [3.63, 3.8) is 0 Å². The summed E-state index contributed by atoms with van der Waals surface area (Å²) in [5.41, 5.74) is 1.71. The number of hydrogen-bond donors (Lipinski definition) is 1. The summed E-state index contributed by atoms with van der Waals surface area (Å²) in [5, 5.41) is 3.71. The Morgan fingerprint density at radius 2 is 1.76 bits per heavy atom. The molecule has 1 atom stereocenters. The Labute approximate surface area is 129 Å². The average molecular weight is 291 g/mol. The van der Waals surface area contributed by atoms with E-state index in [1.165, 1.54) is 18.4 Å². The zero-order valence-electron chi connectivity index (χ0n) is 13.9.